The van der Waals surface area contributed by atoms with Gasteiger partial charge in [-0.2, -0.15) is 0 Å². The van der Waals surface area contributed by atoms with Gasteiger partial charge in [0.1, 0.15) is 0 Å². The second-order valence-electron chi connectivity index (χ2n) is 4.85. The van der Waals surface area contributed by atoms with Crippen LogP contribution < -0.4 is 16.4 Å². The van der Waals surface area contributed by atoms with E-state index >= 15 is 0 Å². The lowest BCUT2D eigenvalue weighted by atomic mass is 9.89. The summed E-state index contributed by atoms with van der Waals surface area (Å²) in [6, 6.07) is 5.35. The van der Waals surface area contributed by atoms with E-state index in [1.54, 1.807) is 19.2 Å². The molecule has 0 atom stereocenters. The molecular formula is C15H25N3O. The zero-order valence-corrected chi connectivity index (χ0v) is 12.3. The Balaban J connectivity index is 3.17. The van der Waals surface area contributed by atoms with Crippen molar-refractivity contribution >= 4 is 17.3 Å². The number of anilines is 2. The molecule has 0 unspecified atom stereocenters. The number of rotatable bonds is 6. The molecule has 0 saturated heterocycles. The smallest absolute Gasteiger partial charge is 0.253 e. The zero-order chi connectivity index (χ0) is 14.5. The summed E-state index contributed by atoms with van der Waals surface area (Å²) in [5, 5.41) is 6.19. The summed E-state index contributed by atoms with van der Waals surface area (Å²) >= 11 is 0. The number of hydrogen-bond donors (Lipinski definition) is 3. The predicted molar refractivity (Wildman–Crippen MR) is 81.5 cm³/mol. The van der Waals surface area contributed by atoms with Crippen LogP contribution in [0.15, 0.2) is 18.2 Å². The number of nitrogens with one attached hydrogen (secondary N) is 2. The number of hydrogen-bond acceptors (Lipinski definition) is 3. The maximum atomic E-state index is 11.9. The highest BCUT2D eigenvalue weighted by atomic mass is 16.1. The minimum absolute atomic E-state index is 0.0105. The minimum atomic E-state index is -0.0975. The van der Waals surface area contributed by atoms with Crippen molar-refractivity contribution < 1.29 is 4.79 Å². The van der Waals surface area contributed by atoms with Crippen LogP contribution in [0.4, 0.5) is 11.4 Å². The number of carbonyl (C=O) groups is 1. The molecule has 1 aromatic rings. The Morgan fingerprint density at radius 1 is 1.21 bits per heavy atom. The first-order chi connectivity index (χ1) is 9.01. The topological polar surface area (TPSA) is 67.1 Å². The summed E-state index contributed by atoms with van der Waals surface area (Å²) < 4.78 is 0. The third kappa shape index (κ3) is 3.40. The van der Waals surface area contributed by atoms with Gasteiger partial charge in [-0.25, -0.2) is 0 Å². The highest BCUT2D eigenvalue weighted by molar-refractivity contribution is 6.00. The highest BCUT2D eigenvalue weighted by Gasteiger charge is 2.25. The maximum absolute atomic E-state index is 11.9. The zero-order valence-electron chi connectivity index (χ0n) is 12.3. The summed E-state index contributed by atoms with van der Waals surface area (Å²) in [6.45, 7) is 6.48. The van der Waals surface area contributed by atoms with Gasteiger partial charge in [-0.15, -0.1) is 0 Å². The normalized spacial score (nSPS) is 11.2. The summed E-state index contributed by atoms with van der Waals surface area (Å²) in [7, 11) is 1.63. The molecule has 0 saturated carbocycles. The SMILES string of the molecule is CCC(CC)(CC)Nc1cc(N)ccc1C(=O)NC. The van der Waals surface area contributed by atoms with E-state index in [0.29, 0.717) is 11.3 Å². The Bertz CT molecular complexity index is 431. The molecule has 4 N–H and O–H groups in total. The van der Waals surface area contributed by atoms with Crippen molar-refractivity contribution in [2.75, 3.05) is 18.1 Å². The molecule has 0 radical (unpaired) electrons. The first-order valence-corrected chi connectivity index (χ1v) is 6.91. The average molecular weight is 263 g/mol. The van der Waals surface area contributed by atoms with Crippen LogP contribution in [0.25, 0.3) is 0 Å². The van der Waals surface area contributed by atoms with Crippen LogP contribution in [0.2, 0.25) is 0 Å². The molecule has 0 heterocycles. The van der Waals surface area contributed by atoms with Crippen molar-refractivity contribution in [2.24, 2.45) is 0 Å². The fourth-order valence-corrected chi connectivity index (χ4v) is 2.30. The lowest BCUT2D eigenvalue weighted by molar-refractivity contribution is 0.0964. The van der Waals surface area contributed by atoms with Crippen molar-refractivity contribution in [1.29, 1.82) is 0 Å². The van der Waals surface area contributed by atoms with Crippen LogP contribution in [0, 0.1) is 0 Å². The molecule has 19 heavy (non-hydrogen) atoms. The average Bonchev–Trinajstić information content (AvgIpc) is 2.44. The summed E-state index contributed by atoms with van der Waals surface area (Å²) in [5.41, 5.74) is 7.96. The Morgan fingerprint density at radius 2 is 1.79 bits per heavy atom. The molecule has 0 spiro atoms. The molecule has 4 heteroatoms. The number of amides is 1. The Kier molecular flexibility index (Phi) is 5.21. The Labute approximate surface area is 115 Å². The molecule has 1 rings (SSSR count). The molecule has 0 fully saturated rings. The van der Waals surface area contributed by atoms with Crippen LogP contribution in [-0.4, -0.2) is 18.5 Å². The number of carbonyl (C=O) groups excluding carboxylic acids is 1. The molecule has 0 aliphatic carbocycles. The molecular weight excluding hydrogens is 238 g/mol. The van der Waals surface area contributed by atoms with E-state index in [4.69, 9.17) is 5.73 Å². The van der Waals surface area contributed by atoms with E-state index in [0.717, 1.165) is 24.9 Å². The first-order valence-electron chi connectivity index (χ1n) is 6.91. The first kappa shape index (κ1) is 15.3. The molecule has 0 aliphatic rings. The van der Waals surface area contributed by atoms with Crippen molar-refractivity contribution in [3.05, 3.63) is 23.8 Å². The largest absolute Gasteiger partial charge is 0.399 e. The van der Waals surface area contributed by atoms with Gasteiger partial charge in [0, 0.05) is 24.0 Å². The Hall–Kier alpha value is -1.71. The molecule has 106 valence electrons. The van der Waals surface area contributed by atoms with Crippen molar-refractivity contribution in [3.63, 3.8) is 0 Å². The predicted octanol–water partition coefficient (Wildman–Crippen LogP) is 3.01. The molecule has 4 nitrogen and oxygen atoms in total. The van der Waals surface area contributed by atoms with E-state index in [-0.39, 0.29) is 11.4 Å². The molecule has 0 aromatic heterocycles. The fourth-order valence-electron chi connectivity index (χ4n) is 2.30. The van der Waals surface area contributed by atoms with Crippen molar-refractivity contribution in [3.8, 4) is 0 Å². The standard InChI is InChI=1S/C15H25N3O/c1-5-15(6-2,7-3)18-13-10-11(16)8-9-12(13)14(19)17-4/h8-10,18H,5-7,16H2,1-4H3,(H,17,19). The third-order valence-corrected chi connectivity index (χ3v) is 3.95. The van der Waals surface area contributed by atoms with Crippen LogP contribution in [0.5, 0.6) is 0 Å². The fraction of sp³-hybridized carbons (Fsp3) is 0.533. The maximum Gasteiger partial charge on any atom is 0.253 e. The van der Waals surface area contributed by atoms with Gasteiger partial charge in [0.2, 0.25) is 0 Å². The second-order valence-corrected chi connectivity index (χ2v) is 4.85. The molecule has 1 amide bonds. The van der Waals surface area contributed by atoms with E-state index in [1.165, 1.54) is 0 Å². The third-order valence-electron chi connectivity index (χ3n) is 3.95. The molecule has 0 bridgehead atoms. The lowest BCUT2D eigenvalue weighted by Crippen LogP contribution is -2.37. The van der Waals surface area contributed by atoms with Crippen LogP contribution in [-0.2, 0) is 0 Å². The van der Waals surface area contributed by atoms with E-state index in [2.05, 4.69) is 31.4 Å². The minimum Gasteiger partial charge on any atom is -0.399 e. The molecule has 1 aromatic carbocycles. The van der Waals surface area contributed by atoms with Gasteiger partial charge in [-0.05, 0) is 37.5 Å². The van der Waals surface area contributed by atoms with Gasteiger partial charge in [0.05, 0.1) is 5.56 Å². The van der Waals surface area contributed by atoms with Crippen LogP contribution >= 0.6 is 0 Å². The van der Waals surface area contributed by atoms with Gasteiger partial charge >= 0.3 is 0 Å². The van der Waals surface area contributed by atoms with Gasteiger partial charge in [-0.1, -0.05) is 20.8 Å². The summed E-state index contributed by atoms with van der Waals surface area (Å²) in [4.78, 5) is 11.9. The van der Waals surface area contributed by atoms with Gasteiger partial charge in [0.15, 0.2) is 0 Å². The lowest BCUT2D eigenvalue weighted by Gasteiger charge is -2.33. The van der Waals surface area contributed by atoms with Gasteiger partial charge < -0.3 is 16.4 Å². The number of nitrogen functional groups attached to an aromatic ring is 1. The van der Waals surface area contributed by atoms with Crippen LogP contribution in [0.1, 0.15) is 50.4 Å². The second kappa shape index (κ2) is 6.45. The molecule has 0 aliphatic heterocycles. The van der Waals surface area contributed by atoms with Crippen molar-refractivity contribution in [1.82, 2.24) is 5.32 Å². The van der Waals surface area contributed by atoms with E-state index in [9.17, 15) is 4.79 Å². The highest BCUT2D eigenvalue weighted by Crippen LogP contribution is 2.29. The van der Waals surface area contributed by atoms with Crippen LogP contribution in [0.3, 0.4) is 0 Å². The van der Waals surface area contributed by atoms with Gasteiger partial charge in [-0.3, -0.25) is 4.79 Å². The Morgan fingerprint density at radius 3 is 2.26 bits per heavy atom. The summed E-state index contributed by atoms with van der Waals surface area (Å²) in [5.74, 6) is -0.0975. The van der Waals surface area contributed by atoms with Gasteiger partial charge in [0.25, 0.3) is 5.91 Å². The van der Waals surface area contributed by atoms with Crippen molar-refractivity contribution in [2.45, 2.75) is 45.6 Å². The van der Waals surface area contributed by atoms with E-state index < -0.39 is 0 Å². The monoisotopic (exact) mass is 263 g/mol. The summed E-state index contributed by atoms with van der Waals surface area (Å²) in [6.07, 6.45) is 3.01. The van der Waals surface area contributed by atoms with E-state index in [1.807, 2.05) is 6.07 Å². The number of benzene rings is 1. The number of nitrogens with two attached hydrogens (primary N) is 1. The quantitative estimate of drug-likeness (QED) is 0.691.